The molecule has 0 spiro atoms. The summed E-state index contributed by atoms with van der Waals surface area (Å²) >= 11 is -0.798. The van der Waals surface area contributed by atoms with Crippen molar-refractivity contribution in [3.8, 4) is 0 Å². The van der Waals surface area contributed by atoms with E-state index < -0.39 is 36.8 Å². The van der Waals surface area contributed by atoms with E-state index in [0.717, 1.165) is 11.1 Å². The Morgan fingerprint density at radius 3 is 1.48 bits per heavy atom. The third-order valence-electron chi connectivity index (χ3n) is 2.64. The Labute approximate surface area is 151 Å². The third-order valence-corrected chi connectivity index (χ3v) is 6.02. The maximum Gasteiger partial charge on any atom is 0.485 e. The van der Waals surface area contributed by atoms with Crippen LogP contribution in [-0.4, -0.2) is 18.5 Å². The zero-order chi connectivity index (χ0) is 19.4. The molecule has 0 saturated carbocycles. The van der Waals surface area contributed by atoms with Gasteiger partial charge < -0.3 is 4.55 Å². The number of halogens is 6. The van der Waals surface area contributed by atoms with Crippen molar-refractivity contribution in [3.05, 3.63) is 66.3 Å². The second kappa shape index (κ2) is 8.41. The summed E-state index contributed by atoms with van der Waals surface area (Å²) in [6.45, 7) is 3.83. The van der Waals surface area contributed by atoms with Crippen molar-refractivity contribution >= 4 is 10.1 Å². The Bertz CT molecular complexity index is 801. The number of aryl methyl sites for hydroxylation is 2. The molecule has 0 atom stereocenters. The molecule has 2 aromatic rings. The molecular weight excluding hydrogens is 482 g/mol. The van der Waals surface area contributed by atoms with Gasteiger partial charge in [-0.2, -0.15) is 13.2 Å². The van der Waals surface area contributed by atoms with Gasteiger partial charge in [0.1, 0.15) is 0 Å². The maximum atomic E-state index is 13.6. The van der Waals surface area contributed by atoms with Crippen molar-refractivity contribution in [2.45, 2.75) is 19.4 Å². The number of alkyl halides is 3. The summed E-state index contributed by atoms with van der Waals surface area (Å²) in [7, 11) is -6.09. The van der Waals surface area contributed by atoms with Crippen molar-refractivity contribution in [1.29, 1.82) is 0 Å². The van der Waals surface area contributed by atoms with Gasteiger partial charge in [0.05, 0.1) is 0 Å². The van der Waals surface area contributed by atoms with E-state index in [1.54, 1.807) is 12.1 Å². The Hall–Kier alpha value is -1.27. The number of rotatable bonds is 2. The van der Waals surface area contributed by atoms with E-state index in [0.29, 0.717) is 7.14 Å². The van der Waals surface area contributed by atoms with Crippen LogP contribution in [0.5, 0.6) is 0 Å². The van der Waals surface area contributed by atoms with Crippen molar-refractivity contribution in [2.24, 2.45) is 0 Å². The molecule has 3 nitrogen and oxygen atoms in total. The van der Waals surface area contributed by atoms with Crippen LogP contribution < -0.4 is 21.2 Å². The number of benzene rings is 2. The summed E-state index contributed by atoms with van der Waals surface area (Å²) in [5, 5.41) is 0. The van der Waals surface area contributed by atoms with Gasteiger partial charge in [-0.25, -0.2) is 17.2 Å². The molecule has 138 valence electrons. The topological polar surface area (TPSA) is 57.2 Å². The van der Waals surface area contributed by atoms with Crippen LogP contribution in [0.15, 0.2) is 36.4 Å². The highest BCUT2D eigenvalue weighted by Gasteiger charge is 2.36. The van der Waals surface area contributed by atoms with Crippen LogP contribution in [0.1, 0.15) is 11.1 Å². The lowest BCUT2D eigenvalue weighted by Gasteiger charge is -2.08. The molecule has 10 heteroatoms. The summed E-state index contributed by atoms with van der Waals surface area (Å²) in [6, 6.07) is 10.00. The van der Waals surface area contributed by atoms with Crippen LogP contribution in [0.3, 0.4) is 0 Å². The molecule has 0 saturated heterocycles. The highest BCUT2D eigenvalue weighted by molar-refractivity contribution is 7.86. The lowest BCUT2D eigenvalue weighted by Crippen LogP contribution is -3.62. The molecule has 0 aliphatic carbocycles. The van der Waals surface area contributed by atoms with Gasteiger partial charge in [-0.05, 0) is 49.2 Å². The predicted molar refractivity (Wildman–Crippen MR) is 75.4 cm³/mol. The van der Waals surface area contributed by atoms with E-state index >= 15 is 0 Å². The smallest absolute Gasteiger partial charge is 0.485 e. The van der Waals surface area contributed by atoms with E-state index in [4.69, 9.17) is 13.0 Å². The van der Waals surface area contributed by atoms with Crippen LogP contribution in [0.2, 0.25) is 0 Å². The van der Waals surface area contributed by atoms with Crippen LogP contribution in [0.4, 0.5) is 22.0 Å². The second-order valence-corrected chi connectivity index (χ2v) is 9.06. The van der Waals surface area contributed by atoms with Gasteiger partial charge in [0.2, 0.25) is 7.14 Å². The highest BCUT2D eigenvalue weighted by atomic mass is 127. The summed E-state index contributed by atoms with van der Waals surface area (Å²) in [4.78, 5) is 0. The molecule has 0 bridgehead atoms. The molecule has 0 aliphatic heterocycles. The Balaban J connectivity index is 0.000000333. The quantitative estimate of drug-likeness (QED) is 0.268. The molecule has 2 rings (SSSR count). The number of hydrogen-bond acceptors (Lipinski definition) is 3. The SMILES string of the molecule is Cc1ccc(F)c([I+]c2cc(C)ccc2F)c1.O=S(=O)([O-])C(F)(F)F. The lowest BCUT2D eigenvalue weighted by atomic mass is 10.2. The number of hydrogen-bond donors (Lipinski definition) is 0. The van der Waals surface area contributed by atoms with Crippen LogP contribution in [-0.2, 0) is 10.1 Å². The van der Waals surface area contributed by atoms with E-state index in [9.17, 15) is 22.0 Å². The fourth-order valence-corrected chi connectivity index (χ4v) is 4.25. The third kappa shape index (κ3) is 6.86. The van der Waals surface area contributed by atoms with E-state index in [1.165, 1.54) is 12.1 Å². The summed E-state index contributed by atoms with van der Waals surface area (Å²) in [5.74, 6) is -0.464. The zero-order valence-corrected chi connectivity index (χ0v) is 15.8. The minimum absolute atomic E-state index is 0.232. The van der Waals surface area contributed by atoms with Gasteiger partial charge in [0.25, 0.3) is 0 Å². The summed E-state index contributed by atoms with van der Waals surface area (Å²) < 4.78 is 87.4. The minimum Gasteiger partial charge on any atom is -0.741 e. The molecule has 0 unspecified atom stereocenters. The minimum atomic E-state index is -6.09. The Morgan fingerprint density at radius 1 is 0.880 bits per heavy atom. The summed E-state index contributed by atoms with van der Waals surface area (Å²) in [5.41, 5.74) is -3.63. The fraction of sp³-hybridized carbons (Fsp3) is 0.200. The van der Waals surface area contributed by atoms with Crippen LogP contribution in [0, 0.1) is 32.6 Å². The molecule has 0 aliphatic rings. The van der Waals surface area contributed by atoms with Gasteiger partial charge in [0.15, 0.2) is 21.8 Å². The first-order valence-electron chi connectivity index (χ1n) is 6.50. The molecule has 0 amide bonds. The van der Waals surface area contributed by atoms with Gasteiger partial charge >= 0.3 is 26.7 Å². The molecule has 0 N–H and O–H groups in total. The van der Waals surface area contributed by atoms with E-state index in [1.807, 2.05) is 26.0 Å². The molecule has 25 heavy (non-hydrogen) atoms. The molecule has 2 aromatic carbocycles. The average molecular weight is 494 g/mol. The lowest BCUT2D eigenvalue weighted by molar-refractivity contribution is -0.603. The predicted octanol–water partition coefficient (Wildman–Crippen LogP) is 0.761. The standard InChI is InChI=1S/C14H12F2I.CHF3O3S/c1-9-3-5-11(15)13(7-9)17-14-8-10(2)4-6-12(14)16;2-1(3,4)8(5,6)7/h3-8H,1-2H3;(H,5,6,7)/q+1;/p-1. The van der Waals surface area contributed by atoms with Crippen LogP contribution >= 0.6 is 0 Å². The Kier molecular flexibility index (Phi) is 7.32. The molecular formula is C15H12F5IO3S. The van der Waals surface area contributed by atoms with Crippen molar-refractivity contribution < 1.29 is 56.1 Å². The normalized spacial score (nSPS) is 11.7. The maximum absolute atomic E-state index is 13.6. The first kappa shape index (κ1) is 21.8. The van der Waals surface area contributed by atoms with E-state index in [2.05, 4.69) is 0 Å². The van der Waals surface area contributed by atoms with Crippen molar-refractivity contribution in [3.63, 3.8) is 0 Å². The van der Waals surface area contributed by atoms with E-state index in [-0.39, 0.29) is 11.6 Å². The zero-order valence-electron chi connectivity index (χ0n) is 12.9. The van der Waals surface area contributed by atoms with Gasteiger partial charge in [-0.1, -0.05) is 12.1 Å². The molecule has 0 radical (unpaired) electrons. The van der Waals surface area contributed by atoms with Crippen LogP contribution in [0.25, 0.3) is 0 Å². The van der Waals surface area contributed by atoms with Crippen molar-refractivity contribution in [2.75, 3.05) is 0 Å². The van der Waals surface area contributed by atoms with Gasteiger partial charge in [-0.3, -0.25) is 0 Å². The highest BCUT2D eigenvalue weighted by Crippen LogP contribution is 2.20. The van der Waals surface area contributed by atoms with Crippen molar-refractivity contribution in [1.82, 2.24) is 0 Å². The fourth-order valence-electron chi connectivity index (χ4n) is 1.46. The largest absolute Gasteiger partial charge is 0.741 e. The first-order valence-corrected chi connectivity index (χ1v) is 10.1. The monoisotopic (exact) mass is 494 g/mol. The molecule has 0 fully saturated rings. The molecule has 0 aromatic heterocycles. The second-order valence-electron chi connectivity index (χ2n) is 4.83. The van der Waals surface area contributed by atoms with Gasteiger partial charge in [0, 0.05) is 0 Å². The average Bonchev–Trinajstić information content (AvgIpc) is 2.45. The van der Waals surface area contributed by atoms with Gasteiger partial charge in [-0.15, -0.1) is 0 Å². The summed E-state index contributed by atoms with van der Waals surface area (Å²) in [6.07, 6.45) is 0. The first-order chi connectivity index (χ1) is 11.3. The Morgan fingerprint density at radius 2 is 1.20 bits per heavy atom. The molecule has 0 heterocycles.